The van der Waals surface area contributed by atoms with Gasteiger partial charge in [0.25, 0.3) is 0 Å². The van der Waals surface area contributed by atoms with E-state index in [0.29, 0.717) is 10.8 Å². The second-order valence-corrected chi connectivity index (χ2v) is 5.18. The molecular weight excluding hydrogens is 327 g/mol. The van der Waals surface area contributed by atoms with Crippen LogP contribution in [-0.2, 0) is 9.59 Å². The Kier molecular flexibility index (Phi) is 5.81. The maximum Gasteiger partial charge on any atom is 0.311 e. The summed E-state index contributed by atoms with van der Waals surface area (Å²) >= 11 is 11.6. The van der Waals surface area contributed by atoms with Crippen LogP contribution in [0.1, 0.15) is 12.8 Å². The highest BCUT2D eigenvalue weighted by molar-refractivity contribution is 6.35. The first-order chi connectivity index (χ1) is 10.5. The van der Waals surface area contributed by atoms with Gasteiger partial charge in [-0.05, 0) is 30.3 Å². The number of carbonyl (C=O) groups is 2. The fourth-order valence-electron chi connectivity index (χ4n) is 1.61. The van der Waals surface area contributed by atoms with Crippen LogP contribution in [0.25, 0.3) is 0 Å². The van der Waals surface area contributed by atoms with Crippen molar-refractivity contribution in [2.45, 2.75) is 12.8 Å². The molecule has 0 aliphatic rings. The Bertz CT molecular complexity index is 671. The Balaban J connectivity index is 1.81. The molecule has 114 valence electrons. The first kappa shape index (κ1) is 16.3. The molecular formula is C16H12Cl2O4. The number of rotatable bonds is 5. The molecule has 22 heavy (non-hydrogen) atoms. The van der Waals surface area contributed by atoms with E-state index in [2.05, 4.69) is 0 Å². The van der Waals surface area contributed by atoms with Gasteiger partial charge < -0.3 is 9.47 Å². The molecule has 2 aromatic rings. The third-order valence-corrected chi connectivity index (χ3v) is 3.16. The molecule has 0 heterocycles. The minimum Gasteiger partial charge on any atom is -0.427 e. The first-order valence-electron chi connectivity index (χ1n) is 6.46. The van der Waals surface area contributed by atoms with Crippen molar-refractivity contribution in [3.8, 4) is 11.5 Å². The van der Waals surface area contributed by atoms with Crippen molar-refractivity contribution in [1.82, 2.24) is 0 Å². The van der Waals surface area contributed by atoms with Gasteiger partial charge in [0, 0.05) is 5.02 Å². The molecule has 0 saturated carbocycles. The number of carbonyl (C=O) groups excluding carboxylic acids is 2. The number of para-hydroxylation sites is 1. The topological polar surface area (TPSA) is 52.6 Å². The van der Waals surface area contributed by atoms with Crippen LogP contribution >= 0.6 is 23.2 Å². The highest BCUT2D eigenvalue weighted by Crippen LogP contribution is 2.27. The highest BCUT2D eigenvalue weighted by atomic mass is 35.5. The number of hydrogen-bond acceptors (Lipinski definition) is 4. The van der Waals surface area contributed by atoms with Gasteiger partial charge in [-0.2, -0.15) is 0 Å². The Hall–Kier alpha value is -2.04. The molecule has 0 aromatic heterocycles. The van der Waals surface area contributed by atoms with E-state index in [4.69, 9.17) is 32.7 Å². The number of benzene rings is 2. The minimum atomic E-state index is -0.575. The van der Waals surface area contributed by atoms with Crippen molar-refractivity contribution >= 4 is 35.1 Å². The van der Waals surface area contributed by atoms with Crippen LogP contribution in [0, 0.1) is 0 Å². The zero-order valence-electron chi connectivity index (χ0n) is 11.4. The van der Waals surface area contributed by atoms with Crippen LogP contribution in [0.15, 0.2) is 48.5 Å². The van der Waals surface area contributed by atoms with E-state index in [1.165, 1.54) is 12.1 Å². The second kappa shape index (κ2) is 7.82. The van der Waals surface area contributed by atoms with E-state index >= 15 is 0 Å². The van der Waals surface area contributed by atoms with Crippen molar-refractivity contribution in [3.63, 3.8) is 0 Å². The fourth-order valence-corrected chi connectivity index (χ4v) is 2.05. The van der Waals surface area contributed by atoms with E-state index in [0.717, 1.165) is 0 Å². The van der Waals surface area contributed by atoms with E-state index in [1.807, 2.05) is 6.07 Å². The molecule has 0 aliphatic heterocycles. The number of esters is 2. The molecule has 0 unspecified atom stereocenters. The summed E-state index contributed by atoms with van der Waals surface area (Å²) in [5, 5.41) is 0.670. The monoisotopic (exact) mass is 338 g/mol. The number of ether oxygens (including phenoxy) is 2. The van der Waals surface area contributed by atoms with Gasteiger partial charge in [-0.25, -0.2) is 0 Å². The third-order valence-electron chi connectivity index (χ3n) is 2.63. The first-order valence-corrected chi connectivity index (χ1v) is 7.21. The van der Waals surface area contributed by atoms with Gasteiger partial charge >= 0.3 is 11.9 Å². The van der Waals surface area contributed by atoms with Crippen LogP contribution < -0.4 is 9.47 Å². The maximum atomic E-state index is 11.7. The molecule has 2 rings (SSSR count). The summed E-state index contributed by atoms with van der Waals surface area (Å²) in [5.41, 5.74) is 0. The van der Waals surface area contributed by atoms with Crippen molar-refractivity contribution < 1.29 is 19.1 Å². The fraction of sp³-hybridized carbons (Fsp3) is 0.125. The Labute approximate surface area is 137 Å². The maximum absolute atomic E-state index is 11.7. The van der Waals surface area contributed by atoms with E-state index in [9.17, 15) is 9.59 Å². The average Bonchev–Trinajstić information content (AvgIpc) is 2.49. The minimum absolute atomic E-state index is 0.0844. The zero-order chi connectivity index (χ0) is 15.9. The Morgan fingerprint density at radius 3 is 2.14 bits per heavy atom. The van der Waals surface area contributed by atoms with E-state index in [-0.39, 0.29) is 23.6 Å². The Morgan fingerprint density at radius 2 is 1.50 bits per heavy atom. The molecule has 0 amide bonds. The van der Waals surface area contributed by atoms with Crippen molar-refractivity contribution in [3.05, 3.63) is 58.6 Å². The number of hydrogen-bond donors (Lipinski definition) is 0. The number of halogens is 2. The molecule has 0 fully saturated rings. The van der Waals surface area contributed by atoms with Crippen molar-refractivity contribution in [2.24, 2.45) is 0 Å². The van der Waals surface area contributed by atoms with Crippen LogP contribution in [0.4, 0.5) is 0 Å². The summed E-state index contributed by atoms with van der Waals surface area (Å²) in [6.45, 7) is 0. The van der Waals surface area contributed by atoms with Gasteiger partial charge in [0.15, 0.2) is 0 Å². The SMILES string of the molecule is O=C(CCC(=O)Oc1ccc(Cl)cc1Cl)Oc1ccccc1. The lowest BCUT2D eigenvalue weighted by atomic mass is 10.3. The Morgan fingerprint density at radius 1 is 0.864 bits per heavy atom. The normalized spacial score (nSPS) is 10.1. The molecule has 4 nitrogen and oxygen atoms in total. The van der Waals surface area contributed by atoms with Crippen molar-refractivity contribution in [2.75, 3.05) is 0 Å². The highest BCUT2D eigenvalue weighted by Gasteiger charge is 2.12. The van der Waals surface area contributed by atoms with Gasteiger partial charge in [-0.1, -0.05) is 41.4 Å². The summed E-state index contributed by atoms with van der Waals surface area (Å²) in [5.74, 6) is -0.450. The quantitative estimate of drug-likeness (QED) is 0.603. The predicted molar refractivity (Wildman–Crippen MR) is 83.4 cm³/mol. The van der Waals surface area contributed by atoms with Gasteiger partial charge in [0.2, 0.25) is 0 Å². The van der Waals surface area contributed by atoms with E-state index in [1.54, 1.807) is 30.3 Å². The van der Waals surface area contributed by atoms with Gasteiger partial charge in [-0.15, -0.1) is 0 Å². The van der Waals surface area contributed by atoms with Crippen LogP contribution in [0.3, 0.4) is 0 Å². The predicted octanol–water partition coefficient (Wildman–Crippen LogP) is 4.28. The lowest BCUT2D eigenvalue weighted by Gasteiger charge is -2.06. The average molecular weight is 339 g/mol. The van der Waals surface area contributed by atoms with Crippen molar-refractivity contribution in [1.29, 1.82) is 0 Å². The standard InChI is InChI=1S/C16H12Cl2O4/c17-11-6-7-14(13(18)10-11)22-16(20)9-8-15(19)21-12-4-2-1-3-5-12/h1-7,10H,8-9H2. The molecule has 0 bridgehead atoms. The molecule has 2 aromatic carbocycles. The van der Waals surface area contributed by atoms with Crippen LogP contribution in [0.5, 0.6) is 11.5 Å². The second-order valence-electron chi connectivity index (χ2n) is 4.34. The molecule has 6 heteroatoms. The lowest BCUT2D eigenvalue weighted by molar-refractivity contribution is -0.140. The molecule has 0 radical (unpaired) electrons. The molecule has 0 spiro atoms. The summed E-state index contributed by atoms with van der Waals surface area (Å²) in [6, 6.07) is 13.1. The summed E-state index contributed by atoms with van der Waals surface area (Å²) < 4.78 is 10.1. The van der Waals surface area contributed by atoms with Gasteiger partial charge in [-0.3, -0.25) is 9.59 Å². The molecule has 0 N–H and O–H groups in total. The molecule has 0 saturated heterocycles. The molecule has 0 atom stereocenters. The lowest BCUT2D eigenvalue weighted by Crippen LogP contribution is -2.14. The smallest absolute Gasteiger partial charge is 0.311 e. The zero-order valence-corrected chi connectivity index (χ0v) is 12.9. The largest absolute Gasteiger partial charge is 0.427 e. The summed E-state index contributed by atoms with van der Waals surface area (Å²) in [4.78, 5) is 23.3. The van der Waals surface area contributed by atoms with E-state index < -0.39 is 11.9 Å². The van der Waals surface area contributed by atoms with Gasteiger partial charge in [0.1, 0.15) is 11.5 Å². The van der Waals surface area contributed by atoms with Gasteiger partial charge in [0.05, 0.1) is 17.9 Å². The van der Waals surface area contributed by atoms with Crippen LogP contribution in [0.2, 0.25) is 10.0 Å². The molecule has 0 aliphatic carbocycles. The summed E-state index contributed by atoms with van der Waals surface area (Å²) in [6.07, 6.45) is -0.191. The van der Waals surface area contributed by atoms with Crippen LogP contribution in [-0.4, -0.2) is 11.9 Å². The third kappa shape index (κ3) is 5.06. The summed E-state index contributed by atoms with van der Waals surface area (Å²) in [7, 11) is 0.